The lowest BCUT2D eigenvalue weighted by Gasteiger charge is -2.17. The first kappa shape index (κ1) is 11.2. The quantitative estimate of drug-likeness (QED) is 0.793. The summed E-state index contributed by atoms with van der Waals surface area (Å²) in [4.78, 5) is 11.1. The summed E-state index contributed by atoms with van der Waals surface area (Å²) in [5.74, 6) is -0.481. The molecule has 4 nitrogen and oxygen atoms in total. The zero-order valence-corrected chi connectivity index (χ0v) is 9.86. The molecule has 1 aliphatic carbocycles. The predicted octanol–water partition coefficient (Wildman–Crippen LogP) is 2.34. The molecule has 1 aromatic heterocycles. The Morgan fingerprint density at radius 1 is 1.44 bits per heavy atom. The summed E-state index contributed by atoms with van der Waals surface area (Å²) in [5, 5.41) is 13.3. The number of fused-ring (bicyclic) bond motifs is 1. The van der Waals surface area contributed by atoms with E-state index in [1.807, 2.05) is 7.05 Å². The molecule has 0 spiro atoms. The van der Waals surface area contributed by atoms with E-state index in [4.69, 9.17) is 5.11 Å². The van der Waals surface area contributed by atoms with E-state index in [1.54, 1.807) is 4.68 Å². The lowest BCUT2D eigenvalue weighted by atomic mass is 9.90. The van der Waals surface area contributed by atoms with Gasteiger partial charge in [0.05, 0.1) is 0 Å². The first-order valence-electron chi connectivity index (χ1n) is 5.90. The minimum Gasteiger partial charge on any atom is -0.476 e. The Kier molecular flexibility index (Phi) is 2.99. The number of carboxylic acid groups (broad SMARTS) is 1. The number of carbonyl (C=O) groups is 1. The second-order valence-electron chi connectivity index (χ2n) is 4.64. The third kappa shape index (κ3) is 1.84. The SMILES string of the molecule is CC1CCCCCc2c(C(=O)O)nn(C)c21. The first-order chi connectivity index (χ1) is 7.61. The fraction of sp³-hybridized carbons (Fsp3) is 0.667. The number of carboxylic acids is 1. The zero-order chi connectivity index (χ0) is 11.7. The van der Waals surface area contributed by atoms with E-state index >= 15 is 0 Å². The summed E-state index contributed by atoms with van der Waals surface area (Å²) < 4.78 is 1.76. The number of aromatic nitrogens is 2. The van der Waals surface area contributed by atoms with Crippen molar-refractivity contribution >= 4 is 5.97 Å². The fourth-order valence-electron chi connectivity index (χ4n) is 2.68. The normalized spacial score (nSPS) is 21.0. The zero-order valence-electron chi connectivity index (χ0n) is 9.86. The molecule has 0 saturated carbocycles. The summed E-state index contributed by atoms with van der Waals surface area (Å²) >= 11 is 0. The maximum atomic E-state index is 11.1. The first-order valence-corrected chi connectivity index (χ1v) is 5.90. The van der Waals surface area contributed by atoms with Crippen LogP contribution >= 0.6 is 0 Å². The standard InChI is InChI=1S/C12H18N2O2/c1-8-6-4-3-5-7-9-10(12(15)16)13-14(2)11(8)9/h8H,3-7H2,1-2H3,(H,15,16). The van der Waals surface area contributed by atoms with Crippen LogP contribution in [-0.4, -0.2) is 20.9 Å². The molecule has 2 rings (SSSR count). The van der Waals surface area contributed by atoms with Gasteiger partial charge in [0.2, 0.25) is 0 Å². The number of rotatable bonds is 1. The van der Waals surface area contributed by atoms with Crippen molar-refractivity contribution in [3.05, 3.63) is 17.0 Å². The molecule has 0 radical (unpaired) electrons. The molecule has 0 aliphatic heterocycles. The average Bonchev–Trinajstić information content (AvgIpc) is 2.51. The van der Waals surface area contributed by atoms with E-state index in [-0.39, 0.29) is 5.69 Å². The lowest BCUT2D eigenvalue weighted by Crippen LogP contribution is -2.08. The fourth-order valence-corrected chi connectivity index (χ4v) is 2.68. The molecule has 88 valence electrons. The number of nitrogens with zero attached hydrogens (tertiary/aromatic N) is 2. The van der Waals surface area contributed by atoms with E-state index in [9.17, 15) is 4.79 Å². The summed E-state index contributed by atoms with van der Waals surface area (Å²) in [6.07, 6.45) is 5.48. The summed E-state index contributed by atoms with van der Waals surface area (Å²) in [6.45, 7) is 2.16. The third-order valence-electron chi connectivity index (χ3n) is 3.43. The van der Waals surface area contributed by atoms with Crippen LogP contribution in [0.15, 0.2) is 0 Å². The van der Waals surface area contributed by atoms with Crippen LogP contribution in [0.4, 0.5) is 0 Å². The molecule has 0 aromatic carbocycles. The molecule has 1 aromatic rings. The second kappa shape index (κ2) is 4.28. The largest absolute Gasteiger partial charge is 0.476 e. The van der Waals surface area contributed by atoms with Gasteiger partial charge >= 0.3 is 5.97 Å². The number of aryl methyl sites for hydroxylation is 1. The molecule has 0 fully saturated rings. The Bertz CT molecular complexity index is 409. The summed E-state index contributed by atoms with van der Waals surface area (Å²) in [6, 6.07) is 0. The molecule has 0 amide bonds. The minimum atomic E-state index is -0.898. The smallest absolute Gasteiger partial charge is 0.356 e. The van der Waals surface area contributed by atoms with Crippen molar-refractivity contribution < 1.29 is 9.90 Å². The van der Waals surface area contributed by atoms with Gasteiger partial charge in [-0.05, 0) is 25.2 Å². The van der Waals surface area contributed by atoms with Crippen molar-refractivity contribution in [1.29, 1.82) is 0 Å². The van der Waals surface area contributed by atoms with Crippen molar-refractivity contribution in [2.45, 2.75) is 44.9 Å². The Morgan fingerprint density at radius 3 is 2.88 bits per heavy atom. The third-order valence-corrected chi connectivity index (χ3v) is 3.43. The Labute approximate surface area is 95.3 Å². The van der Waals surface area contributed by atoms with Crippen molar-refractivity contribution in [1.82, 2.24) is 9.78 Å². The molecular weight excluding hydrogens is 204 g/mol. The Balaban J connectivity index is 2.50. The van der Waals surface area contributed by atoms with Crippen LogP contribution in [0.2, 0.25) is 0 Å². The Hall–Kier alpha value is -1.32. The van der Waals surface area contributed by atoms with Crippen LogP contribution in [0.3, 0.4) is 0 Å². The number of aromatic carboxylic acids is 1. The van der Waals surface area contributed by atoms with Gasteiger partial charge in [0.25, 0.3) is 0 Å². The topological polar surface area (TPSA) is 55.1 Å². The Morgan fingerprint density at radius 2 is 2.19 bits per heavy atom. The van der Waals surface area contributed by atoms with Crippen LogP contribution in [0.5, 0.6) is 0 Å². The van der Waals surface area contributed by atoms with Gasteiger partial charge < -0.3 is 5.11 Å². The lowest BCUT2D eigenvalue weighted by molar-refractivity contribution is 0.0688. The molecule has 1 atom stereocenters. The van der Waals surface area contributed by atoms with E-state index in [0.29, 0.717) is 5.92 Å². The van der Waals surface area contributed by atoms with Crippen LogP contribution in [0.1, 0.15) is 60.3 Å². The number of hydrogen-bond donors (Lipinski definition) is 1. The maximum Gasteiger partial charge on any atom is 0.356 e. The molecule has 1 N–H and O–H groups in total. The molecule has 4 heteroatoms. The maximum absolute atomic E-state index is 11.1. The molecule has 16 heavy (non-hydrogen) atoms. The van der Waals surface area contributed by atoms with Gasteiger partial charge in [-0.3, -0.25) is 4.68 Å². The van der Waals surface area contributed by atoms with Crippen LogP contribution in [-0.2, 0) is 13.5 Å². The van der Waals surface area contributed by atoms with Gasteiger partial charge in [0.1, 0.15) is 0 Å². The highest BCUT2D eigenvalue weighted by Gasteiger charge is 2.25. The van der Waals surface area contributed by atoms with Crippen molar-refractivity contribution in [3.63, 3.8) is 0 Å². The average molecular weight is 222 g/mol. The highest BCUT2D eigenvalue weighted by molar-refractivity contribution is 5.87. The van der Waals surface area contributed by atoms with Crippen molar-refractivity contribution in [2.24, 2.45) is 7.05 Å². The van der Waals surface area contributed by atoms with Gasteiger partial charge in [-0.25, -0.2) is 4.79 Å². The summed E-state index contributed by atoms with van der Waals surface area (Å²) in [5.41, 5.74) is 2.34. The van der Waals surface area contributed by atoms with Gasteiger partial charge in [-0.2, -0.15) is 5.10 Å². The molecule has 1 unspecified atom stereocenters. The molecule has 0 saturated heterocycles. The molecular formula is C12H18N2O2. The predicted molar refractivity (Wildman–Crippen MR) is 60.8 cm³/mol. The van der Waals surface area contributed by atoms with Crippen molar-refractivity contribution in [2.75, 3.05) is 0 Å². The van der Waals surface area contributed by atoms with Crippen LogP contribution < -0.4 is 0 Å². The van der Waals surface area contributed by atoms with Gasteiger partial charge in [0, 0.05) is 18.3 Å². The molecule has 0 bridgehead atoms. The van der Waals surface area contributed by atoms with Crippen LogP contribution in [0, 0.1) is 0 Å². The molecule has 1 heterocycles. The number of hydrogen-bond acceptors (Lipinski definition) is 2. The van der Waals surface area contributed by atoms with Gasteiger partial charge in [-0.15, -0.1) is 0 Å². The van der Waals surface area contributed by atoms with Crippen LogP contribution in [0.25, 0.3) is 0 Å². The molecule has 1 aliphatic rings. The van der Waals surface area contributed by atoms with Gasteiger partial charge in [-0.1, -0.05) is 19.8 Å². The van der Waals surface area contributed by atoms with E-state index in [1.165, 1.54) is 12.8 Å². The highest BCUT2D eigenvalue weighted by atomic mass is 16.4. The van der Waals surface area contributed by atoms with E-state index in [2.05, 4.69) is 12.0 Å². The van der Waals surface area contributed by atoms with Gasteiger partial charge in [0.15, 0.2) is 5.69 Å². The monoisotopic (exact) mass is 222 g/mol. The summed E-state index contributed by atoms with van der Waals surface area (Å²) in [7, 11) is 1.85. The minimum absolute atomic E-state index is 0.256. The van der Waals surface area contributed by atoms with Crippen molar-refractivity contribution in [3.8, 4) is 0 Å². The highest BCUT2D eigenvalue weighted by Crippen LogP contribution is 2.30. The van der Waals surface area contributed by atoms with E-state index in [0.717, 1.165) is 30.5 Å². The van der Waals surface area contributed by atoms with E-state index < -0.39 is 5.97 Å². The second-order valence-corrected chi connectivity index (χ2v) is 4.64.